The topological polar surface area (TPSA) is 60.2 Å². The molecule has 1 aliphatic rings. The van der Waals surface area contributed by atoms with E-state index >= 15 is 0 Å². The van der Waals surface area contributed by atoms with Gasteiger partial charge in [-0.15, -0.1) is 10.2 Å². The Morgan fingerprint density at radius 1 is 1.38 bits per heavy atom. The van der Waals surface area contributed by atoms with Gasteiger partial charge in [0, 0.05) is 23.0 Å². The van der Waals surface area contributed by atoms with Gasteiger partial charge in [0.1, 0.15) is 18.2 Å². The Morgan fingerprint density at radius 3 is 3.05 bits per heavy atom. The molecular weight excluding hydrogens is 334 g/mol. The summed E-state index contributed by atoms with van der Waals surface area (Å²) < 4.78 is 8.92. The highest BCUT2D eigenvalue weighted by Crippen LogP contribution is 2.29. The number of benzene rings is 1. The van der Waals surface area contributed by atoms with Gasteiger partial charge in [0.15, 0.2) is 5.82 Å². The second kappa shape index (κ2) is 6.15. The van der Waals surface area contributed by atoms with Crippen molar-refractivity contribution in [1.29, 1.82) is 0 Å². The number of aromatic nitrogens is 3. The third kappa shape index (κ3) is 3.11. The largest absolute Gasteiger partial charge is 0.485 e. The molecule has 21 heavy (non-hydrogen) atoms. The first-order chi connectivity index (χ1) is 10.1. The molecule has 0 fully saturated rings. The molecule has 0 saturated heterocycles. The Labute approximate surface area is 132 Å². The van der Waals surface area contributed by atoms with E-state index in [2.05, 4.69) is 30.7 Å². The van der Waals surface area contributed by atoms with E-state index in [1.54, 1.807) is 6.92 Å². The zero-order valence-corrected chi connectivity index (χ0v) is 13.5. The maximum Gasteiger partial charge on any atom is 0.171 e. The van der Waals surface area contributed by atoms with Gasteiger partial charge in [-0.05, 0) is 38.0 Å². The molecule has 0 bridgehead atoms. The van der Waals surface area contributed by atoms with Crippen molar-refractivity contribution < 1.29 is 9.84 Å². The van der Waals surface area contributed by atoms with E-state index in [9.17, 15) is 5.11 Å². The van der Waals surface area contributed by atoms with Crippen molar-refractivity contribution in [2.24, 2.45) is 0 Å². The summed E-state index contributed by atoms with van der Waals surface area (Å²) in [4.78, 5) is 0. The first-order valence-corrected chi connectivity index (χ1v) is 7.95. The predicted molar refractivity (Wildman–Crippen MR) is 82.1 cm³/mol. The van der Waals surface area contributed by atoms with E-state index in [1.807, 2.05) is 18.2 Å². The molecule has 0 aliphatic carbocycles. The molecule has 0 unspecified atom stereocenters. The molecule has 1 aliphatic heterocycles. The lowest BCUT2D eigenvalue weighted by Gasteiger charge is -2.16. The summed E-state index contributed by atoms with van der Waals surface area (Å²) in [5, 5.41) is 18.3. The number of aliphatic hydroxyl groups excluding tert-OH is 1. The summed E-state index contributed by atoms with van der Waals surface area (Å²) in [6, 6.07) is 5.64. The van der Waals surface area contributed by atoms with Crippen LogP contribution in [0.3, 0.4) is 0 Å². The Morgan fingerprint density at radius 2 is 2.24 bits per heavy atom. The van der Waals surface area contributed by atoms with Crippen LogP contribution >= 0.6 is 15.9 Å². The normalized spacial score (nSPS) is 15.6. The van der Waals surface area contributed by atoms with Crippen LogP contribution < -0.4 is 4.74 Å². The zero-order valence-electron chi connectivity index (χ0n) is 11.9. The highest BCUT2D eigenvalue weighted by atomic mass is 79.9. The third-order valence-corrected chi connectivity index (χ3v) is 4.21. The van der Waals surface area contributed by atoms with Gasteiger partial charge in [-0.25, -0.2) is 0 Å². The van der Waals surface area contributed by atoms with Crippen LogP contribution in [0.25, 0.3) is 0 Å². The van der Waals surface area contributed by atoms with Crippen LogP contribution in [0, 0.1) is 0 Å². The molecule has 2 heterocycles. The van der Waals surface area contributed by atoms with Crippen molar-refractivity contribution in [3.05, 3.63) is 39.9 Å². The first-order valence-electron chi connectivity index (χ1n) is 7.16. The van der Waals surface area contributed by atoms with Crippen LogP contribution in [0.5, 0.6) is 5.75 Å². The van der Waals surface area contributed by atoms with E-state index in [4.69, 9.17) is 4.74 Å². The van der Waals surface area contributed by atoms with Crippen LogP contribution in [0.15, 0.2) is 22.7 Å². The maximum atomic E-state index is 9.84. The Hall–Kier alpha value is -1.40. The minimum Gasteiger partial charge on any atom is -0.485 e. The molecule has 1 atom stereocenters. The molecule has 2 aromatic rings. The second-order valence-corrected chi connectivity index (χ2v) is 6.20. The van der Waals surface area contributed by atoms with E-state index in [0.29, 0.717) is 12.4 Å². The van der Waals surface area contributed by atoms with Gasteiger partial charge in [0.25, 0.3) is 0 Å². The SMILES string of the molecule is C[C@H](O)c1cc(Br)ccc1OCc1nnc2n1CCCC2. The van der Waals surface area contributed by atoms with Crippen LogP contribution in [0.4, 0.5) is 0 Å². The van der Waals surface area contributed by atoms with Gasteiger partial charge < -0.3 is 14.4 Å². The number of aryl methyl sites for hydroxylation is 1. The number of rotatable bonds is 4. The van der Waals surface area contributed by atoms with Crippen LogP contribution in [0.2, 0.25) is 0 Å². The third-order valence-electron chi connectivity index (χ3n) is 3.71. The first kappa shape index (κ1) is 14.5. The lowest BCUT2D eigenvalue weighted by molar-refractivity contribution is 0.189. The molecule has 3 rings (SSSR count). The Balaban J connectivity index is 1.77. The smallest absolute Gasteiger partial charge is 0.171 e. The number of aliphatic hydroxyl groups is 1. The lowest BCUT2D eigenvalue weighted by Crippen LogP contribution is -2.14. The van der Waals surface area contributed by atoms with Crippen molar-refractivity contribution in [3.63, 3.8) is 0 Å². The van der Waals surface area contributed by atoms with E-state index < -0.39 is 6.10 Å². The van der Waals surface area contributed by atoms with E-state index in [-0.39, 0.29) is 0 Å². The van der Waals surface area contributed by atoms with E-state index in [1.165, 1.54) is 6.42 Å². The van der Waals surface area contributed by atoms with Gasteiger partial charge in [0.05, 0.1) is 6.10 Å². The molecule has 5 nitrogen and oxygen atoms in total. The van der Waals surface area contributed by atoms with Gasteiger partial charge in [-0.3, -0.25) is 0 Å². The Kier molecular flexibility index (Phi) is 4.26. The lowest BCUT2D eigenvalue weighted by atomic mass is 10.1. The van der Waals surface area contributed by atoms with Gasteiger partial charge in [0.2, 0.25) is 0 Å². The van der Waals surface area contributed by atoms with Crippen LogP contribution in [-0.2, 0) is 19.6 Å². The fourth-order valence-corrected chi connectivity index (χ4v) is 2.97. The second-order valence-electron chi connectivity index (χ2n) is 5.29. The predicted octanol–water partition coefficient (Wildman–Crippen LogP) is 3.01. The molecule has 6 heteroatoms. The number of ether oxygens (including phenoxy) is 1. The van der Waals surface area contributed by atoms with Crippen LogP contribution in [-0.4, -0.2) is 19.9 Å². The summed E-state index contributed by atoms with van der Waals surface area (Å²) in [6.45, 7) is 3.06. The minimum atomic E-state index is -0.579. The summed E-state index contributed by atoms with van der Waals surface area (Å²) in [5.74, 6) is 2.58. The van der Waals surface area contributed by atoms with Crippen molar-refractivity contribution in [2.75, 3.05) is 0 Å². The van der Waals surface area contributed by atoms with Crippen molar-refractivity contribution in [1.82, 2.24) is 14.8 Å². The van der Waals surface area contributed by atoms with E-state index in [0.717, 1.165) is 41.1 Å². The highest BCUT2D eigenvalue weighted by molar-refractivity contribution is 9.10. The standard InChI is InChI=1S/C15H18BrN3O2/c1-10(20)12-8-11(16)5-6-13(12)21-9-15-18-17-14-4-2-3-7-19(14)15/h5-6,8,10,20H,2-4,7,9H2,1H3/t10-/m0/s1. The molecule has 112 valence electrons. The average molecular weight is 352 g/mol. The molecular formula is C15H18BrN3O2. The highest BCUT2D eigenvalue weighted by Gasteiger charge is 2.17. The van der Waals surface area contributed by atoms with Crippen LogP contribution in [0.1, 0.15) is 43.1 Å². The molecule has 1 aromatic heterocycles. The van der Waals surface area contributed by atoms with Crippen molar-refractivity contribution in [2.45, 2.75) is 45.4 Å². The summed E-state index contributed by atoms with van der Waals surface area (Å²) in [7, 11) is 0. The molecule has 0 saturated carbocycles. The van der Waals surface area contributed by atoms with Crippen molar-refractivity contribution in [3.8, 4) is 5.75 Å². The average Bonchev–Trinajstić information content (AvgIpc) is 2.89. The summed E-state index contributed by atoms with van der Waals surface area (Å²) in [5.41, 5.74) is 0.766. The molecule has 1 aromatic carbocycles. The monoisotopic (exact) mass is 351 g/mol. The number of hydrogen-bond acceptors (Lipinski definition) is 4. The van der Waals surface area contributed by atoms with Gasteiger partial charge in [-0.2, -0.15) is 0 Å². The minimum absolute atomic E-state index is 0.369. The molecule has 0 spiro atoms. The molecule has 0 radical (unpaired) electrons. The van der Waals surface area contributed by atoms with Gasteiger partial charge in [-0.1, -0.05) is 15.9 Å². The molecule has 0 amide bonds. The number of nitrogens with zero attached hydrogens (tertiary/aromatic N) is 3. The maximum absolute atomic E-state index is 9.84. The van der Waals surface area contributed by atoms with Crippen molar-refractivity contribution >= 4 is 15.9 Å². The zero-order chi connectivity index (χ0) is 14.8. The molecule has 1 N–H and O–H groups in total. The number of hydrogen-bond donors (Lipinski definition) is 1. The summed E-state index contributed by atoms with van der Waals surface area (Å²) in [6.07, 6.45) is 2.75. The fourth-order valence-electron chi connectivity index (χ4n) is 2.59. The fraction of sp³-hybridized carbons (Fsp3) is 0.467. The number of halogens is 1. The summed E-state index contributed by atoms with van der Waals surface area (Å²) >= 11 is 3.41. The quantitative estimate of drug-likeness (QED) is 0.919. The van der Waals surface area contributed by atoms with Gasteiger partial charge >= 0.3 is 0 Å². The Bertz CT molecular complexity index is 640. The number of fused-ring (bicyclic) bond motifs is 1.